The second kappa shape index (κ2) is 4.32. The first-order valence-electron chi connectivity index (χ1n) is 3.15. The fourth-order valence-electron chi connectivity index (χ4n) is 0.542. The van der Waals surface area contributed by atoms with Crippen molar-refractivity contribution >= 4 is 5.97 Å². The monoisotopic (exact) mass is 130 g/mol. The third-order valence-corrected chi connectivity index (χ3v) is 1.17. The minimum atomic E-state index is -1.15. The lowest BCUT2D eigenvalue weighted by molar-refractivity contribution is -0.144. The Morgan fingerprint density at radius 3 is 2.56 bits per heavy atom. The topological polar surface area (TPSA) is 63.0 Å². The number of nitrogens with two attached hydrogens (primary N) is 1. The van der Waals surface area contributed by atoms with Crippen LogP contribution in [0.5, 0.6) is 0 Å². The highest BCUT2D eigenvalue weighted by molar-refractivity contribution is 5.72. The van der Waals surface area contributed by atoms with Gasteiger partial charge in [0.15, 0.2) is 0 Å². The van der Waals surface area contributed by atoms with Crippen LogP contribution in [0.4, 0.5) is 0 Å². The average molecular weight is 130 g/mol. The van der Waals surface area contributed by atoms with E-state index in [0.29, 0.717) is 6.42 Å². The largest absolute Gasteiger partial charge is 0.372 e. The molecule has 0 rings (SSSR count). The van der Waals surface area contributed by atoms with Crippen molar-refractivity contribution in [3.05, 3.63) is 0 Å². The zero-order valence-electron chi connectivity index (χ0n) is 5.59. The molecule has 53 valence electrons. The van der Waals surface area contributed by atoms with Gasteiger partial charge in [-0.2, -0.15) is 0 Å². The third kappa shape index (κ3) is 3.97. The molecule has 0 aliphatic carbocycles. The summed E-state index contributed by atoms with van der Waals surface area (Å²) in [5, 5.41) is 9.97. The molecule has 1 unspecified atom stereocenters. The average Bonchev–Trinajstić information content (AvgIpc) is 1.82. The highest BCUT2D eigenvalue weighted by Crippen LogP contribution is 1.97. The van der Waals surface area contributed by atoms with Gasteiger partial charge in [-0.1, -0.05) is 19.8 Å². The molecule has 0 bridgehead atoms. The van der Waals surface area contributed by atoms with Gasteiger partial charge >= 0.3 is 5.97 Å². The van der Waals surface area contributed by atoms with Crippen molar-refractivity contribution in [1.82, 2.24) is 0 Å². The Hall–Kier alpha value is -0.570. The molecule has 9 heavy (non-hydrogen) atoms. The fourth-order valence-corrected chi connectivity index (χ4v) is 0.542. The molecule has 0 aromatic carbocycles. The first-order chi connectivity index (χ1) is 4.18. The Morgan fingerprint density at radius 1 is 1.67 bits per heavy atom. The molecule has 0 heterocycles. The molecule has 0 spiro atoms. The Kier molecular flexibility index (Phi) is 4.05. The predicted molar refractivity (Wildman–Crippen MR) is 33.2 cm³/mol. The number of hydrogen-bond acceptors (Lipinski definition) is 2. The molecule has 0 aliphatic rings. The van der Waals surface area contributed by atoms with E-state index in [2.05, 4.69) is 0 Å². The molecule has 0 aliphatic heterocycles. The van der Waals surface area contributed by atoms with Gasteiger partial charge in [0, 0.05) is 0 Å². The molecule has 0 aromatic rings. The van der Waals surface area contributed by atoms with Gasteiger partial charge in [0.2, 0.25) is 0 Å². The Bertz CT molecular complexity index is 93.1. The van der Waals surface area contributed by atoms with Crippen molar-refractivity contribution in [2.75, 3.05) is 0 Å². The van der Waals surface area contributed by atoms with Crippen LogP contribution in [-0.2, 0) is 9.90 Å². The maximum atomic E-state index is 9.97. The van der Waals surface area contributed by atoms with Crippen LogP contribution < -0.4 is 5.73 Å². The molecular formula is C6H12NO2. The highest BCUT2D eigenvalue weighted by atomic mass is 16.4. The number of carbonyl (C=O) groups excluding carboxylic acids is 1. The van der Waals surface area contributed by atoms with Gasteiger partial charge in [-0.3, -0.25) is 0 Å². The van der Waals surface area contributed by atoms with Crippen LogP contribution in [0.1, 0.15) is 26.2 Å². The summed E-state index contributed by atoms with van der Waals surface area (Å²) in [7, 11) is 0. The van der Waals surface area contributed by atoms with E-state index >= 15 is 0 Å². The van der Waals surface area contributed by atoms with Crippen LogP contribution in [-0.4, -0.2) is 12.0 Å². The van der Waals surface area contributed by atoms with E-state index < -0.39 is 12.0 Å². The van der Waals surface area contributed by atoms with E-state index in [1.54, 1.807) is 0 Å². The second-order valence-electron chi connectivity index (χ2n) is 2.07. The van der Waals surface area contributed by atoms with Crippen molar-refractivity contribution in [1.29, 1.82) is 0 Å². The second-order valence-corrected chi connectivity index (χ2v) is 2.07. The Morgan fingerprint density at radius 2 is 2.22 bits per heavy atom. The molecule has 0 amide bonds. The van der Waals surface area contributed by atoms with Crippen molar-refractivity contribution < 1.29 is 9.90 Å². The summed E-state index contributed by atoms with van der Waals surface area (Å²) in [5.74, 6) is -1.15. The van der Waals surface area contributed by atoms with E-state index in [9.17, 15) is 9.90 Å². The zero-order chi connectivity index (χ0) is 7.28. The van der Waals surface area contributed by atoms with Crippen LogP contribution >= 0.6 is 0 Å². The SMILES string of the molecule is CCCCC(N)C([O])=O. The van der Waals surface area contributed by atoms with Crippen LogP contribution in [0.25, 0.3) is 0 Å². The standard InChI is InChI=1S/C6H12NO2/c1-2-3-4-5(7)6(8)9/h5H,2-4,7H2,1H3. The Labute approximate surface area is 54.9 Å². The summed E-state index contributed by atoms with van der Waals surface area (Å²) >= 11 is 0. The van der Waals surface area contributed by atoms with E-state index in [4.69, 9.17) is 5.73 Å². The minimum Gasteiger partial charge on any atom is -0.318 e. The molecule has 3 heteroatoms. The lowest BCUT2D eigenvalue weighted by Crippen LogP contribution is -2.28. The number of rotatable bonds is 4. The van der Waals surface area contributed by atoms with Crippen molar-refractivity contribution in [3.8, 4) is 0 Å². The maximum absolute atomic E-state index is 9.97. The molecule has 1 radical (unpaired) electrons. The predicted octanol–water partition coefficient (Wildman–Crippen LogP) is 0.461. The molecule has 0 aromatic heterocycles. The lowest BCUT2D eigenvalue weighted by Gasteiger charge is -2.00. The van der Waals surface area contributed by atoms with Gasteiger partial charge in [0.05, 0.1) is 0 Å². The van der Waals surface area contributed by atoms with Gasteiger partial charge in [0.1, 0.15) is 6.04 Å². The number of unbranched alkanes of at least 4 members (excludes halogenated alkanes) is 1. The van der Waals surface area contributed by atoms with Crippen LogP contribution in [0.15, 0.2) is 0 Å². The number of carbonyl (C=O) groups is 1. The molecule has 2 N–H and O–H groups in total. The lowest BCUT2D eigenvalue weighted by atomic mass is 10.1. The summed E-state index contributed by atoms with van der Waals surface area (Å²) in [6.07, 6.45) is 2.36. The van der Waals surface area contributed by atoms with Crippen LogP contribution in [0, 0.1) is 0 Å². The van der Waals surface area contributed by atoms with E-state index in [-0.39, 0.29) is 0 Å². The summed E-state index contributed by atoms with van der Waals surface area (Å²) in [4.78, 5) is 9.97. The maximum Gasteiger partial charge on any atom is 0.372 e. The van der Waals surface area contributed by atoms with Crippen molar-refractivity contribution in [3.63, 3.8) is 0 Å². The van der Waals surface area contributed by atoms with E-state index in [1.807, 2.05) is 6.92 Å². The molecule has 0 fully saturated rings. The van der Waals surface area contributed by atoms with Gasteiger partial charge < -0.3 is 5.73 Å². The van der Waals surface area contributed by atoms with Crippen molar-refractivity contribution in [2.24, 2.45) is 5.73 Å². The minimum absolute atomic E-state index is 0.527. The first kappa shape index (κ1) is 8.43. The van der Waals surface area contributed by atoms with Crippen LogP contribution in [0.2, 0.25) is 0 Å². The summed E-state index contributed by atoms with van der Waals surface area (Å²) in [6, 6.07) is -0.773. The Balaban J connectivity index is 3.27. The third-order valence-electron chi connectivity index (χ3n) is 1.17. The zero-order valence-corrected chi connectivity index (χ0v) is 5.59. The quantitative estimate of drug-likeness (QED) is 0.601. The summed E-state index contributed by atoms with van der Waals surface area (Å²) < 4.78 is 0. The normalized spacial score (nSPS) is 13.1. The summed E-state index contributed by atoms with van der Waals surface area (Å²) in [5.41, 5.74) is 5.14. The molecular weight excluding hydrogens is 118 g/mol. The first-order valence-corrected chi connectivity index (χ1v) is 3.15. The van der Waals surface area contributed by atoms with Crippen molar-refractivity contribution in [2.45, 2.75) is 32.2 Å². The van der Waals surface area contributed by atoms with Gasteiger partial charge in [-0.05, 0) is 6.42 Å². The molecule has 3 nitrogen and oxygen atoms in total. The molecule has 1 atom stereocenters. The number of hydrogen-bond donors (Lipinski definition) is 1. The van der Waals surface area contributed by atoms with E-state index in [1.165, 1.54) is 0 Å². The molecule has 0 saturated carbocycles. The highest BCUT2D eigenvalue weighted by Gasteiger charge is 2.11. The molecule has 0 saturated heterocycles. The van der Waals surface area contributed by atoms with Gasteiger partial charge in [-0.15, -0.1) is 0 Å². The van der Waals surface area contributed by atoms with Crippen LogP contribution in [0.3, 0.4) is 0 Å². The smallest absolute Gasteiger partial charge is 0.318 e. The summed E-state index contributed by atoms with van der Waals surface area (Å²) in [6.45, 7) is 1.99. The fraction of sp³-hybridized carbons (Fsp3) is 0.833. The van der Waals surface area contributed by atoms with E-state index in [0.717, 1.165) is 12.8 Å². The van der Waals surface area contributed by atoms with Gasteiger partial charge in [0.25, 0.3) is 0 Å². The van der Waals surface area contributed by atoms with Gasteiger partial charge in [-0.25, -0.2) is 9.90 Å².